The second-order valence-corrected chi connectivity index (χ2v) is 6.87. The summed E-state index contributed by atoms with van der Waals surface area (Å²) in [7, 11) is 0. The molecule has 1 fully saturated rings. The molecule has 1 saturated carbocycles. The lowest BCUT2D eigenvalue weighted by Gasteiger charge is -2.16. The largest absolute Gasteiger partial charge is 0.381 e. The fourth-order valence-electron chi connectivity index (χ4n) is 2.96. The van der Waals surface area contributed by atoms with Gasteiger partial charge in [0.2, 0.25) is 0 Å². The van der Waals surface area contributed by atoms with E-state index >= 15 is 0 Å². The molecule has 0 saturated heterocycles. The first kappa shape index (κ1) is 22.6. The van der Waals surface area contributed by atoms with Crippen molar-refractivity contribution >= 4 is 41.8 Å². The molecule has 0 atom stereocenters. The van der Waals surface area contributed by atoms with Crippen LogP contribution in [0, 0.1) is 5.92 Å². The van der Waals surface area contributed by atoms with Crippen LogP contribution >= 0.6 is 24.0 Å². The first-order valence-corrected chi connectivity index (χ1v) is 9.76. The number of fused-ring (bicyclic) bond motifs is 1. The van der Waals surface area contributed by atoms with Crippen molar-refractivity contribution in [3.05, 3.63) is 35.4 Å². The van der Waals surface area contributed by atoms with E-state index in [0.29, 0.717) is 36.7 Å². The highest BCUT2D eigenvalue weighted by Gasteiger charge is 2.34. The van der Waals surface area contributed by atoms with Crippen molar-refractivity contribution in [1.82, 2.24) is 15.5 Å². The lowest BCUT2D eigenvalue weighted by molar-refractivity contribution is 0.0657. The Balaban J connectivity index is 0.00000280. The summed E-state index contributed by atoms with van der Waals surface area (Å²) >= 11 is 0. The second kappa shape index (κ2) is 11.4. The fraction of sp³-hybridized carbons (Fsp3) is 0.550. The Labute approximate surface area is 183 Å². The molecule has 2 aliphatic rings. The van der Waals surface area contributed by atoms with Crippen LogP contribution in [0.2, 0.25) is 0 Å². The molecule has 2 amide bonds. The molecular formula is C20H29IN4O3. The maximum absolute atomic E-state index is 12.4. The van der Waals surface area contributed by atoms with Crippen LogP contribution in [0.25, 0.3) is 0 Å². The van der Waals surface area contributed by atoms with Gasteiger partial charge in [0.1, 0.15) is 0 Å². The van der Waals surface area contributed by atoms with Gasteiger partial charge < -0.3 is 15.4 Å². The minimum atomic E-state index is -0.229. The number of nitrogens with zero attached hydrogens (tertiary/aromatic N) is 2. The molecule has 1 aliphatic carbocycles. The van der Waals surface area contributed by atoms with E-state index in [4.69, 9.17) is 4.74 Å². The van der Waals surface area contributed by atoms with E-state index in [0.717, 1.165) is 32.1 Å². The molecule has 0 aromatic heterocycles. The van der Waals surface area contributed by atoms with Gasteiger partial charge in [-0.05, 0) is 44.2 Å². The van der Waals surface area contributed by atoms with E-state index in [2.05, 4.69) is 15.6 Å². The molecule has 28 heavy (non-hydrogen) atoms. The van der Waals surface area contributed by atoms with E-state index in [1.165, 1.54) is 17.7 Å². The number of carbonyl (C=O) groups excluding carboxylic acids is 2. The van der Waals surface area contributed by atoms with E-state index in [9.17, 15) is 9.59 Å². The predicted molar refractivity (Wildman–Crippen MR) is 119 cm³/mol. The number of benzene rings is 1. The molecule has 0 unspecified atom stereocenters. The minimum absolute atomic E-state index is 0. The van der Waals surface area contributed by atoms with Crippen molar-refractivity contribution in [2.75, 3.05) is 39.4 Å². The zero-order valence-corrected chi connectivity index (χ0v) is 18.6. The Bertz CT molecular complexity index is 671. The van der Waals surface area contributed by atoms with Gasteiger partial charge in [-0.1, -0.05) is 12.1 Å². The first-order chi connectivity index (χ1) is 13.2. The number of guanidine groups is 1. The highest BCUT2D eigenvalue weighted by atomic mass is 127. The number of amides is 2. The Kier molecular flexibility index (Phi) is 9.17. The number of hydrogen-bond donors (Lipinski definition) is 2. The topological polar surface area (TPSA) is 83.0 Å². The smallest absolute Gasteiger partial charge is 0.261 e. The van der Waals surface area contributed by atoms with Crippen LogP contribution in [-0.4, -0.2) is 62.1 Å². The minimum Gasteiger partial charge on any atom is -0.381 e. The van der Waals surface area contributed by atoms with Crippen LogP contribution in [0.5, 0.6) is 0 Å². The first-order valence-electron chi connectivity index (χ1n) is 9.76. The Hall–Kier alpha value is -1.68. The molecule has 1 heterocycles. The maximum Gasteiger partial charge on any atom is 0.261 e. The third kappa shape index (κ3) is 6.16. The lowest BCUT2D eigenvalue weighted by Crippen LogP contribution is -2.43. The number of carbonyl (C=O) groups is 2. The Morgan fingerprint density at radius 3 is 2.46 bits per heavy atom. The summed E-state index contributed by atoms with van der Waals surface area (Å²) in [5, 5.41) is 6.36. The summed E-state index contributed by atoms with van der Waals surface area (Å²) in [6.45, 7) is 5.79. The van der Waals surface area contributed by atoms with Gasteiger partial charge in [-0.3, -0.25) is 19.5 Å². The average molecular weight is 500 g/mol. The molecule has 8 heteroatoms. The molecule has 1 aliphatic heterocycles. The third-order valence-electron chi connectivity index (χ3n) is 4.62. The highest BCUT2D eigenvalue weighted by Crippen LogP contribution is 2.28. The van der Waals surface area contributed by atoms with Crippen molar-refractivity contribution in [2.24, 2.45) is 10.9 Å². The molecule has 0 spiro atoms. The molecule has 2 N–H and O–H groups in total. The van der Waals surface area contributed by atoms with Gasteiger partial charge in [-0.15, -0.1) is 24.0 Å². The lowest BCUT2D eigenvalue weighted by atomic mass is 10.1. The number of nitrogens with one attached hydrogen (secondary N) is 2. The van der Waals surface area contributed by atoms with Gasteiger partial charge in [0.15, 0.2) is 5.96 Å². The summed E-state index contributed by atoms with van der Waals surface area (Å²) < 4.78 is 5.61. The summed E-state index contributed by atoms with van der Waals surface area (Å²) in [5.41, 5.74) is 0.962. The standard InChI is InChI=1S/C20H28N4O3.HI/c1-2-21-20(22-10-5-13-27-14-15-8-9-15)23-11-12-24-18(25)16-6-3-4-7-17(16)19(24)26;/h3-4,6-7,15H,2,5,8-14H2,1H3,(H2,21,22,23);1H. The SMILES string of the molecule is CCNC(=NCCCOCC1CC1)NCCN1C(=O)c2ccccc2C1=O.I. The summed E-state index contributed by atoms with van der Waals surface area (Å²) in [5.74, 6) is 1.02. The van der Waals surface area contributed by atoms with Crippen LogP contribution in [0.15, 0.2) is 29.3 Å². The Morgan fingerprint density at radius 2 is 1.86 bits per heavy atom. The maximum atomic E-state index is 12.4. The highest BCUT2D eigenvalue weighted by molar-refractivity contribution is 14.0. The van der Waals surface area contributed by atoms with Crippen LogP contribution in [0.1, 0.15) is 46.9 Å². The summed E-state index contributed by atoms with van der Waals surface area (Å²) in [6, 6.07) is 6.94. The van der Waals surface area contributed by atoms with Crippen molar-refractivity contribution < 1.29 is 14.3 Å². The van der Waals surface area contributed by atoms with Gasteiger partial charge >= 0.3 is 0 Å². The van der Waals surface area contributed by atoms with Crippen LogP contribution in [-0.2, 0) is 4.74 Å². The van der Waals surface area contributed by atoms with Gasteiger partial charge in [0, 0.05) is 39.4 Å². The van der Waals surface area contributed by atoms with Gasteiger partial charge in [-0.25, -0.2) is 0 Å². The number of imide groups is 1. The van der Waals surface area contributed by atoms with Gasteiger partial charge in [-0.2, -0.15) is 0 Å². The van der Waals surface area contributed by atoms with E-state index < -0.39 is 0 Å². The van der Waals surface area contributed by atoms with Gasteiger partial charge in [0.05, 0.1) is 11.1 Å². The number of ether oxygens (including phenoxy) is 1. The fourth-order valence-corrected chi connectivity index (χ4v) is 2.96. The van der Waals surface area contributed by atoms with Crippen molar-refractivity contribution in [3.63, 3.8) is 0 Å². The van der Waals surface area contributed by atoms with Crippen molar-refractivity contribution in [1.29, 1.82) is 0 Å². The Morgan fingerprint density at radius 1 is 1.18 bits per heavy atom. The molecule has 7 nitrogen and oxygen atoms in total. The monoisotopic (exact) mass is 500 g/mol. The predicted octanol–water partition coefficient (Wildman–Crippen LogP) is 2.27. The van der Waals surface area contributed by atoms with E-state index in [-0.39, 0.29) is 35.8 Å². The van der Waals surface area contributed by atoms with Crippen molar-refractivity contribution in [2.45, 2.75) is 26.2 Å². The zero-order valence-electron chi connectivity index (χ0n) is 16.3. The van der Waals surface area contributed by atoms with Crippen molar-refractivity contribution in [3.8, 4) is 0 Å². The zero-order chi connectivity index (χ0) is 19.1. The molecular weight excluding hydrogens is 471 g/mol. The molecule has 0 radical (unpaired) electrons. The number of rotatable bonds is 10. The molecule has 1 aromatic rings. The third-order valence-corrected chi connectivity index (χ3v) is 4.62. The van der Waals surface area contributed by atoms with Crippen LogP contribution in [0.3, 0.4) is 0 Å². The normalized spacial score (nSPS) is 16.0. The van der Waals surface area contributed by atoms with Crippen LogP contribution < -0.4 is 10.6 Å². The van der Waals surface area contributed by atoms with E-state index in [1.807, 2.05) is 6.92 Å². The van der Waals surface area contributed by atoms with Crippen LogP contribution in [0.4, 0.5) is 0 Å². The molecule has 154 valence electrons. The average Bonchev–Trinajstić information content (AvgIpc) is 3.47. The molecule has 3 rings (SSSR count). The molecule has 0 bridgehead atoms. The number of hydrogen-bond acceptors (Lipinski definition) is 4. The quantitative estimate of drug-likeness (QED) is 0.169. The summed E-state index contributed by atoms with van der Waals surface area (Å²) in [4.78, 5) is 30.5. The van der Waals surface area contributed by atoms with E-state index in [1.54, 1.807) is 24.3 Å². The number of halogens is 1. The van der Waals surface area contributed by atoms with Gasteiger partial charge in [0.25, 0.3) is 11.8 Å². The second-order valence-electron chi connectivity index (χ2n) is 6.87. The molecule has 1 aromatic carbocycles. The number of aliphatic imine (C=N–C) groups is 1. The summed E-state index contributed by atoms with van der Waals surface area (Å²) in [6.07, 6.45) is 3.49.